The van der Waals surface area contributed by atoms with Gasteiger partial charge < -0.3 is 20.1 Å². The normalized spacial score (nSPS) is 24.6. The van der Waals surface area contributed by atoms with Gasteiger partial charge in [0.15, 0.2) is 5.72 Å². The van der Waals surface area contributed by atoms with Gasteiger partial charge in [-0.1, -0.05) is 18.2 Å². The van der Waals surface area contributed by atoms with Crippen LogP contribution in [0.25, 0.3) is 0 Å². The second-order valence-corrected chi connectivity index (χ2v) is 7.44. The second-order valence-electron chi connectivity index (χ2n) is 7.44. The summed E-state index contributed by atoms with van der Waals surface area (Å²) in [5.74, 6) is -1.65. The van der Waals surface area contributed by atoms with Crippen LogP contribution < -0.4 is 15.4 Å². The average Bonchev–Trinajstić information content (AvgIpc) is 2.68. The number of carbonyl (C=O) groups is 3. The van der Waals surface area contributed by atoms with Gasteiger partial charge in [0, 0.05) is 18.0 Å². The Labute approximate surface area is 168 Å². The largest absolute Gasteiger partial charge is 0.468 e. The third-order valence-corrected chi connectivity index (χ3v) is 5.28. The fourth-order valence-corrected chi connectivity index (χ4v) is 4.01. The maximum Gasteiger partial charge on any atom is 0.338 e. The molecule has 0 radical (unpaired) electrons. The monoisotopic (exact) mass is 394 g/mol. The summed E-state index contributed by atoms with van der Waals surface area (Å²) in [6, 6.07) is 13.9. The molecular weight excluding hydrogens is 372 g/mol. The summed E-state index contributed by atoms with van der Waals surface area (Å²) >= 11 is 0. The topological polar surface area (TPSA) is 93.7 Å². The Morgan fingerprint density at radius 2 is 1.93 bits per heavy atom. The molecule has 2 N–H and O–H groups in total. The van der Waals surface area contributed by atoms with Crippen molar-refractivity contribution in [2.75, 3.05) is 11.9 Å². The van der Waals surface area contributed by atoms with Crippen LogP contribution in [-0.4, -0.2) is 30.1 Å². The van der Waals surface area contributed by atoms with Crippen molar-refractivity contribution in [1.82, 2.24) is 5.32 Å². The van der Waals surface area contributed by atoms with E-state index in [0.29, 0.717) is 30.0 Å². The van der Waals surface area contributed by atoms with Crippen molar-refractivity contribution >= 4 is 23.5 Å². The summed E-state index contributed by atoms with van der Waals surface area (Å²) in [6.45, 7) is 3.84. The number of hydrogen-bond donors (Lipinski definition) is 2. The number of carbonyl (C=O) groups excluding carboxylic acids is 3. The van der Waals surface area contributed by atoms with E-state index >= 15 is 0 Å². The number of hydrogen-bond acceptors (Lipinski definition) is 5. The van der Waals surface area contributed by atoms with Crippen LogP contribution in [0.2, 0.25) is 0 Å². The lowest BCUT2D eigenvalue weighted by Gasteiger charge is -2.46. The molecule has 2 aromatic carbocycles. The minimum Gasteiger partial charge on any atom is -0.468 e. The van der Waals surface area contributed by atoms with Crippen LogP contribution in [0.15, 0.2) is 48.5 Å². The second kappa shape index (κ2) is 7.24. The maximum atomic E-state index is 13.0. The fourth-order valence-electron chi connectivity index (χ4n) is 4.01. The molecule has 2 aliphatic heterocycles. The predicted octanol–water partition coefficient (Wildman–Crippen LogP) is 2.83. The summed E-state index contributed by atoms with van der Waals surface area (Å²) in [4.78, 5) is 37.5. The molecule has 0 saturated carbocycles. The van der Waals surface area contributed by atoms with Gasteiger partial charge in [0.25, 0.3) is 0 Å². The first kappa shape index (κ1) is 19.0. The Bertz CT molecular complexity index is 971. The van der Waals surface area contributed by atoms with E-state index in [1.54, 1.807) is 31.2 Å². The predicted molar refractivity (Wildman–Crippen MR) is 105 cm³/mol. The number of amides is 2. The van der Waals surface area contributed by atoms with Gasteiger partial charge in [0.2, 0.25) is 11.8 Å². The van der Waals surface area contributed by atoms with Gasteiger partial charge in [0.1, 0.15) is 11.7 Å². The standard InChI is InChI=1S/C22H22N2O5/c1-3-28-21(27)13-8-10-14(11-9-13)23-19(25)18-16-12-22(2,24-20(18)26)29-17-7-5-4-6-15(16)17/h4-11,16,18H,3,12H2,1-2H3,(H,23,25)(H,24,26)/t16-,18-,22+/m1/s1. The van der Waals surface area contributed by atoms with Crippen molar-refractivity contribution in [3.63, 3.8) is 0 Å². The molecule has 4 rings (SSSR count). The highest BCUT2D eigenvalue weighted by atomic mass is 16.5. The number of piperidine rings is 1. The van der Waals surface area contributed by atoms with E-state index in [2.05, 4.69) is 10.6 Å². The van der Waals surface area contributed by atoms with Crippen LogP contribution in [0.1, 0.15) is 42.1 Å². The summed E-state index contributed by atoms with van der Waals surface area (Å²) < 4.78 is 10.9. The molecule has 7 heteroatoms. The number of benzene rings is 2. The minimum atomic E-state index is -0.877. The van der Waals surface area contributed by atoms with Crippen molar-refractivity contribution in [1.29, 1.82) is 0 Å². The fraction of sp³-hybridized carbons (Fsp3) is 0.318. The third-order valence-electron chi connectivity index (χ3n) is 5.28. The average molecular weight is 394 g/mol. The van der Waals surface area contributed by atoms with Gasteiger partial charge in [-0.15, -0.1) is 0 Å². The van der Waals surface area contributed by atoms with Crippen LogP contribution in [-0.2, 0) is 14.3 Å². The lowest BCUT2D eigenvalue weighted by Crippen LogP contribution is -2.62. The molecular formula is C22H22N2O5. The van der Waals surface area contributed by atoms with Crippen molar-refractivity contribution in [2.45, 2.75) is 31.9 Å². The van der Waals surface area contributed by atoms with Gasteiger partial charge in [-0.2, -0.15) is 0 Å². The van der Waals surface area contributed by atoms with Crippen molar-refractivity contribution in [3.05, 3.63) is 59.7 Å². The molecule has 2 aromatic rings. The molecule has 0 aromatic heterocycles. The van der Waals surface area contributed by atoms with Crippen molar-refractivity contribution in [3.8, 4) is 5.75 Å². The molecule has 2 bridgehead atoms. The summed E-state index contributed by atoms with van der Waals surface area (Å²) in [5, 5.41) is 5.63. The minimum absolute atomic E-state index is 0.280. The first-order chi connectivity index (χ1) is 13.9. The van der Waals surface area contributed by atoms with Crippen LogP contribution in [0, 0.1) is 5.92 Å². The Hall–Kier alpha value is -3.35. The van der Waals surface area contributed by atoms with Crippen molar-refractivity contribution < 1.29 is 23.9 Å². The first-order valence-corrected chi connectivity index (χ1v) is 9.58. The maximum absolute atomic E-state index is 13.0. The number of rotatable bonds is 4. The molecule has 1 fully saturated rings. The molecule has 2 aliphatic rings. The third kappa shape index (κ3) is 3.55. The Morgan fingerprint density at radius 3 is 2.66 bits per heavy atom. The van der Waals surface area contributed by atoms with E-state index in [0.717, 1.165) is 5.56 Å². The molecule has 2 heterocycles. The molecule has 29 heavy (non-hydrogen) atoms. The highest BCUT2D eigenvalue weighted by Crippen LogP contribution is 2.46. The molecule has 0 spiro atoms. The molecule has 0 unspecified atom stereocenters. The van der Waals surface area contributed by atoms with Gasteiger partial charge in [-0.05, 0) is 49.7 Å². The molecule has 150 valence electrons. The highest BCUT2D eigenvalue weighted by Gasteiger charge is 2.51. The van der Waals surface area contributed by atoms with Gasteiger partial charge in [0.05, 0.1) is 12.2 Å². The molecule has 1 saturated heterocycles. The molecule has 0 aliphatic carbocycles. The Morgan fingerprint density at radius 1 is 1.21 bits per heavy atom. The lowest BCUT2D eigenvalue weighted by molar-refractivity contribution is -0.145. The quantitative estimate of drug-likeness (QED) is 0.614. The van der Waals surface area contributed by atoms with Gasteiger partial charge in [-0.25, -0.2) is 4.79 Å². The summed E-state index contributed by atoms with van der Waals surface area (Å²) in [7, 11) is 0. The number of para-hydroxylation sites is 1. The van der Waals surface area contributed by atoms with E-state index in [-0.39, 0.29) is 11.8 Å². The number of anilines is 1. The van der Waals surface area contributed by atoms with Crippen LogP contribution >= 0.6 is 0 Å². The Kier molecular flexibility index (Phi) is 4.74. The van der Waals surface area contributed by atoms with E-state index in [9.17, 15) is 14.4 Å². The zero-order valence-corrected chi connectivity index (χ0v) is 16.2. The summed E-state index contributed by atoms with van der Waals surface area (Å²) in [6.07, 6.45) is 0.510. The van der Waals surface area contributed by atoms with Crippen molar-refractivity contribution in [2.24, 2.45) is 5.92 Å². The van der Waals surface area contributed by atoms with E-state index in [1.165, 1.54) is 0 Å². The van der Waals surface area contributed by atoms with E-state index in [1.807, 2.05) is 31.2 Å². The lowest BCUT2D eigenvalue weighted by atomic mass is 9.74. The molecule has 7 nitrogen and oxygen atoms in total. The van der Waals surface area contributed by atoms with Gasteiger partial charge in [-0.3, -0.25) is 9.59 Å². The highest BCUT2D eigenvalue weighted by molar-refractivity contribution is 6.08. The smallest absolute Gasteiger partial charge is 0.338 e. The van der Waals surface area contributed by atoms with E-state index in [4.69, 9.17) is 9.47 Å². The number of esters is 1. The molecule has 2 amide bonds. The van der Waals surface area contributed by atoms with Gasteiger partial charge >= 0.3 is 5.97 Å². The van der Waals surface area contributed by atoms with Crippen LogP contribution in [0.4, 0.5) is 5.69 Å². The SMILES string of the molecule is CCOC(=O)c1ccc(NC(=O)[C@@H]2C(=O)N[C@]3(C)C[C@@H]2c2ccccc2O3)cc1. The first-order valence-electron chi connectivity index (χ1n) is 9.58. The van der Waals surface area contributed by atoms with Crippen LogP contribution in [0.5, 0.6) is 5.75 Å². The zero-order valence-electron chi connectivity index (χ0n) is 16.2. The van der Waals surface area contributed by atoms with Crippen LogP contribution in [0.3, 0.4) is 0 Å². The number of fused-ring (bicyclic) bond motifs is 4. The number of nitrogens with one attached hydrogen (secondary N) is 2. The zero-order chi connectivity index (χ0) is 20.6. The Balaban J connectivity index is 1.56. The van der Waals surface area contributed by atoms with E-state index < -0.39 is 23.5 Å². The molecule has 3 atom stereocenters. The summed E-state index contributed by atoms with van der Waals surface area (Å²) in [5.41, 5.74) is 0.935. The number of ether oxygens (including phenoxy) is 2.